The van der Waals surface area contributed by atoms with Crippen LogP contribution in [-0.2, 0) is 6.54 Å². The summed E-state index contributed by atoms with van der Waals surface area (Å²) in [4.78, 5) is 12.2. The minimum absolute atomic E-state index is 0.152. The van der Waals surface area contributed by atoms with E-state index < -0.39 is 12.1 Å². The highest BCUT2D eigenvalue weighted by molar-refractivity contribution is 7.12. The molecule has 0 radical (unpaired) electrons. The smallest absolute Gasteiger partial charge is 0.397 e. The van der Waals surface area contributed by atoms with Gasteiger partial charge in [-0.3, -0.25) is 4.79 Å². The number of carbonyl (C=O) groups is 1. The number of carbonyl (C=O) groups excluding carboxylic acids is 1. The lowest BCUT2D eigenvalue weighted by molar-refractivity contribution is -0.274. The Hall–Kier alpha value is -2.20. The molecule has 0 aliphatic rings. The van der Waals surface area contributed by atoms with Crippen LogP contribution in [0.2, 0.25) is 0 Å². The number of alkyl halides is 3. The van der Waals surface area contributed by atoms with E-state index in [0.29, 0.717) is 10.4 Å². The number of amides is 1. The van der Waals surface area contributed by atoms with Gasteiger partial charge in [0, 0.05) is 5.56 Å². The summed E-state index contributed by atoms with van der Waals surface area (Å²) in [5.74, 6) is -0.713. The average molecular weight is 299 g/mol. The Morgan fingerprint density at radius 2 is 2.10 bits per heavy atom. The topological polar surface area (TPSA) is 38.3 Å². The zero-order valence-corrected chi connectivity index (χ0v) is 10.8. The first kappa shape index (κ1) is 14.2. The number of ether oxygens (including phenoxy) is 1. The summed E-state index contributed by atoms with van der Waals surface area (Å²) in [6.07, 6.45) is -4.75. The fraction of sp³-hybridized carbons (Fsp3) is 0.154. The standard InChI is InChI=1S/C13H8F3NO2S/c14-13(15,16)19-10-5-3-9(4-6-10)8-17-12(18)11-2-1-7-20-11/h1-3,5,7H,8H2,(H,17,18). The zero-order chi connectivity index (χ0) is 14.6. The van der Waals surface area contributed by atoms with E-state index in [1.54, 1.807) is 17.5 Å². The van der Waals surface area contributed by atoms with Crippen molar-refractivity contribution in [1.82, 2.24) is 5.32 Å². The first-order valence-corrected chi connectivity index (χ1v) is 6.32. The summed E-state index contributed by atoms with van der Waals surface area (Å²) in [6.45, 7) is 0.152. The van der Waals surface area contributed by atoms with E-state index in [1.807, 2.05) is 0 Å². The van der Waals surface area contributed by atoms with Gasteiger partial charge in [0.25, 0.3) is 5.91 Å². The molecule has 1 amide bonds. The molecule has 0 atom stereocenters. The quantitative estimate of drug-likeness (QED) is 0.941. The lowest BCUT2D eigenvalue weighted by Gasteiger charge is -2.06. The van der Waals surface area contributed by atoms with Gasteiger partial charge >= 0.3 is 6.36 Å². The SMILES string of the molecule is O=C(NCc1c#cc(OC(F)(F)F)cc1)c1cccs1. The van der Waals surface area contributed by atoms with Crippen LogP contribution in [0.3, 0.4) is 0 Å². The highest BCUT2D eigenvalue weighted by Gasteiger charge is 2.31. The van der Waals surface area contributed by atoms with E-state index in [0.717, 1.165) is 6.07 Å². The number of rotatable bonds is 4. The van der Waals surface area contributed by atoms with Crippen LogP contribution in [-0.4, -0.2) is 12.3 Å². The van der Waals surface area contributed by atoms with E-state index in [2.05, 4.69) is 22.2 Å². The van der Waals surface area contributed by atoms with Gasteiger partial charge in [0.15, 0.2) is 5.75 Å². The van der Waals surface area contributed by atoms with Crippen LogP contribution in [0.5, 0.6) is 5.75 Å². The summed E-state index contributed by atoms with van der Waals surface area (Å²) >= 11 is 1.30. The zero-order valence-electron chi connectivity index (χ0n) is 9.95. The second-order valence-corrected chi connectivity index (χ2v) is 4.63. The van der Waals surface area contributed by atoms with Crippen molar-refractivity contribution in [2.75, 3.05) is 0 Å². The number of hydrogen-bond acceptors (Lipinski definition) is 3. The second kappa shape index (κ2) is 5.84. The molecule has 7 heteroatoms. The van der Waals surface area contributed by atoms with Gasteiger partial charge in [0.2, 0.25) is 0 Å². The molecular formula is C13H8F3NO2S. The molecule has 2 aromatic rings. The van der Waals surface area contributed by atoms with Crippen molar-refractivity contribution >= 4 is 17.2 Å². The van der Waals surface area contributed by atoms with E-state index in [-0.39, 0.29) is 12.5 Å². The molecule has 0 aliphatic carbocycles. The molecule has 1 heterocycles. The van der Waals surface area contributed by atoms with Crippen LogP contribution in [0.15, 0.2) is 29.6 Å². The minimum atomic E-state index is -4.75. The van der Waals surface area contributed by atoms with Crippen molar-refractivity contribution in [3.8, 4) is 5.75 Å². The molecule has 1 aromatic carbocycles. The molecule has 0 spiro atoms. The number of halogens is 3. The Kier molecular flexibility index (Phi) is 4.15. The van der Waals surface area contributed by atoms with Gasteiger partial charge < -0.3 is 10.1 Å². The second-order valence-electron chi connectivity index (χ2n) is 3.68. The molecule has 0 aliphatic heterocycles. The maximum absolute atomic E-state index is 11.9. The summed E-state index contributed by atoms with van der Waals surface area (Å²) in [5.41, 5.74) is 0.504. The lowest BCUT2D eigenvalue weighted by atomic mass is 10.2. The van der Waals surface area contributed by atoms with Crippen molar-refractivity contribution in [2.45, 2.75) is 12.9 Å². The van der Waals surface area contributed by atoms with Crippen LogP contribution in [0.25, 0.3) is 0 Å². The molecule has 20 heavy (non-hydrogen) atoms. The summed E-state index contributed by atoms with van der Waals surface area (Å²) < 4.78 is 39.5. The van der Waals surface area contributed by atoms with Gasteiger partial charge in [0.1, 0.15) is 0 Å². The molecule has 0 unspecified atom stereocenters. The van der Waals surface area contributed by atoms with E-state index in [4.69, 9.17) is 0 Å². The fourth-order valence-corrected chi connectivity index (χ4v) is 2.00. The minimum Gasteiger partial charge on any atom is -0.397 e. The third-order valence-electron chi connectivity index (χ3n) is 2.19. The number of thiophene rings is 1. The van der Waals surface area contributed by atoms with Crippen molar-refractivity contribution in [2.24, 2.45) is 0 Å². The molecule has 2 rings (SSSR count). The van der Waals surface area contributed by atoms with Crippen LogP contribution in [0.1, 0.15) is 15.2 Å². The fourth-order valence-electron chi connectivity index (χ4n) is 1.36. The largest absolute Gasteiger partial charge is 0.573 e. The van der Waals surface area contributed by atoms with E-state index >= 15 is 0 Å². The maximum Gasteiger partial charge on any atom is 0.573 e. The van der Waals surface area contributed by atoms with Crippen LogP contribution < -0.4 is 10.1 Å². The van der Waals surface area contributed by atoms with Gasteiger partial charge in [-0.05, 0) is 29.6 Å². The van der Waals surface area contributed by atoms with Crippen LogP contribution >= 0.6 is 11.3 Å². The molecule has 0 saturated heterocycles. The Morgan fingerprint density at radius 1 is 1.30 bits per heavy atom. The van der Waals surface area contributed by atoms with Gasteiger partial charge in [-0.2, -0.15) is 0 Å². The average Bonchev–Trinajstić information content (AvgIpc) is 2.89. The Morgan fingerprint density at radius 3 is 2.65 bits per heavy atom. The predicted molar refractivity (Wildman–Crippen MR) is 66.3 cm³/mol. The molecule has 1 N–H and O–H groups in total. The van der Waals surface area contributed by atoms with Gasteiger partial charge in [0.05, 0.1) is 11.4 Å². The van der Waals surface area contributed by atoms with Crippen molar-refractivity contribution < 1.29 is 22.7 Å². The third-order valence-corrected chi connectivity index (χ3v) is 3.06. The summed E-state index contributed by atoms with van der Waals surface area (Å²) in [6, 6.07) is 10.7. The highest BCUT2D eigenvalue weighted by Crippen LogP contribution is 2.20. The molecule has 1 aromatic heterocycles. The predicted octanol–water partition coefficient (Wildman–Crippen LogP) is 3.18. The molecule has 0 fully saturated rings. The van der Waals surface area contributed by atoms with Gasteiger partial charge in [-0.25, -0.2) is 0 Å². The van der Waals surface area contributed by atoms with Crippen LogP contribution in [0.4, 0.5) is 13.2 Å². The molecule has 0 bridgehead atoms. The first-order chi connectivity index (χ1) is 9.44. The number of nitrogens with one attached hydrogen (secondary N) is 1. The van der Waals surface area contributed by atoms with Gasteiger partial charge in [-0.1, -0.05) is 12.1 Å². The Labute approximate surface area is 117 Å². The maximum atomic E-state index is 11.9. The summed E-state index contributed by atoms with van der Waals surface area (Å²) in [5, 5.41) is 4.40. The molecule has 104 valence electrons. The van der Waals surface area contributed by atoms with Crippen molar-refractivity contribution in [3.63, 3.8) is 0 Å². The first-order valence-electron chi connectivity index (χ1n) is 5.44. The van der Waals surface area contributed by atoms with Crippen molar-refractivity contribution in [3.05, 3.63) is 52.2 Å². The molecule has 0 saturated carbocycles. The van der Waals surface area contributed by atoms with E-state index in [9.17, 15) is 18.0 Å². The highest BCUT2D eigenvalue weighted by atomic mass is 32.1. The molecule has 3 nitrogen and oxygen atoms in total. The normalized spacial score (nSPS) is 10.8. The summed E-state index contributed by atoms with van der Waals surface area (Å²) in [7, 11) is 0. The lowest BCUT2D eigenvalue weighted by Crippen LogP contribution is -2.21. The third kappa shape index (κ3) is 4.17. The van der Waals surface area contributed by atoms with Crippen LogP contribution in [0, 0.1) is 12.1 Å². The van der Waals surface area contributed by atoms with Crippen molar-refractivity contribution in [1.29, 1.82) is 0 Å². The number of hydrogen-bond donors (Lipinski definition) is 1. The Bertz CT molecular complexity index is 564. The van der Waals surface area contributed by atoms with Gasteiger partial charge in [-0.15, -0.1) is 24.5 Å². The van der Waals surface area contributed by atoms with E-state index in [1.165, 1.54) is 17.4 Å². The monoisotopic (exact) mass is 299 g/mol. The molecular weight excluding hydrogens is 291 g/mol. The Balaban J connectivity index is 1.89.